The smallest absolute Gasteiger partial charge is 0.151 e. The Hall–Kier alpha value is -2.65. The van der Waals surface area contributed by atoms with Crippen LogP contribution in [-0.2, 0) is 0 Å². The Morgan fingerprint density at radius 2 is 2.00 bits per heavy atom. The van der Waals surface area contributed by atoms with Crippen LogP contribution in [0.15, 0.2) is 30.5 Å². The first-order valence-corrected chi connectivity index (χ1v) is 11.2. The predicted octanol–water partition coefficient (Wildman–Crippen LogP) is 4.09. The Balaban J connectivity index is 1.29. The van der Waals surface area contributed by atoms with Crippen LogP contribution in [0.4, 0.5) is 14.6 Å². The average Bonchev–Trinajstić information content (AvgIpc) is 3.38. The van der Waals surface area contributed by atoms with Gasteiger partial charge in [-0.25, -0.2) is 13.8 Å². The molecule has 2 aromatic heterocycles. The van der Waals surface area contributed by atoms with E-state index in [2.05, 4.69) is 25.4 Å². The number of benzene rings is 1. The molecule has 1 aromatic carbocycles. The third kappa shape index (κ3) is 4.12. The zero-order valence-corrected chi connectivity index (χ0v) is 17.9. The standard InChI is InChI=1S/C22H23F2N5OS/c1-12-25-10-21(31-12)16-9-20(30)17(8-18(16)24)19-2-3-22(28-27-19)29-5-4-14(11-29)26-15-6-13(23)7-15/h2-3,8-10,13-15,26,30H,4-7,11H2,1H3. The largest absolute Gasteiger partial charge is 0.507 e. The van der Waals surface area contributed by atoms with Gasteiger partial charge in [-0.2, -0.15) is 0 Å². The molecule has 1 aliphatic heterocycles. The maximum atomic E-state index is 14.7. The highest BCUT2D eigenvalue weighted by molar-refractivity contribution is 7.15. The summed E-state index contributed by atoms with van der Waals surface area (Å²) in [6.45, 7) is 3.49. The van der Waals surface area contributed by atoms with E-state index in [1.54, 1.807) is 12.3 Å². The van der Waals surface area contributed by atoms with Crippen LogP contribution in [0.5, 0.6) is 5.75 Å². The molecule has 2 N–H and O–H groups in total. The van der Waals surface area contributed by atoms with E-state index >= 15 is 0 Å². The normalized spacial score (nSPS) is 23.2. The van der Waals surface area contributed by atoms with Gasteiger partial charge in [-0.3, -0.25) is 0 Å². The number of alkyl halides is 1. The van der Waals surface area contributed by atoms with Crippen molar-refractivity contribution in [1.29, 1.82) is 0 Å². The Bertz CT molecular complexity index is 1080. The first-order chi connectivity index (χ1) is 15.0. The van der Waals surface area contributed by atoms with E-state index in [0.29, 0.717) is 40.6 Å². The maximum absolute atomic E-state index is 14.7. The molecule has 6 nitrogen and oxygen atoms in total. The van der Waals surface area contributed by atoms with E-state index in [4.69, 9.17) is 0 Å². The zero-order valence-electron chi connectivity index (χ0n) is 17.1. The van der Waals surface area contributed by atoms with Gasteiger partial charge in [0, 0.05) is 42.5 Å². The first-order valence-electron chi connectivity index (χ1n) is 10.4. The highest BCUT2D eigenvalue weighted by atomic mass is 32.1. The highest BCUT2D eigenvalue weighted by Gasteiger charge is 2.33. The number of halogens is 2. The lowest BCUT2D eigenvalue weighted by atomic mass is 9.90. The fourth-order valence-corrected chi connectivity index (χ4v) is 5.00. The first kappa shape index (κ1) is 20.3. The maximum Gasteiger partial charge on any atom is 0.151 e. The number of nitrogens with zero attached hydrogens (tertiary/aromatic N) is 4. The molecular weight excluding hydrogens is 420 g/mol. The summed E-state index contributed by atoms with van der Waals surface area (Å²) < 4.78 is 27.7. The van der Waals surface area contributed by atoms with Gasteiger partial charge in [0.05, 0.1) is 15.6 Å². The van der Waals surface area contributed by atoms with Crippen LogP contribution >= 0.6 is 11.3 Å². The molecule has 1 unspecified atom stereocenters. The molecule has 9 heteroatoms. The fourth-order valence-electron chi connectivity index (χ4n) is 4.20. The molecule has 2 aliphatic rings. The van der Waals surface area contributed by atoms with Crippen LogP contribution in [0.2, 0.25) is 0 Å². The van der Waals surface area contributed by atoms with Crippen LogP contribution in [0.25, 0.3) is 21.7 Å². The van der Waals surface area contributed by atoms with E-state index < -0.39 is 12.0 Å². The van der Waals surface area contributed by atoms with Crippen LogP contribution in [0.1, 0.15) is 24.3 Å². The third-order valence-corrected chi connectivity index (χ3v) is 6.91. The highest BCUT2D eigenvalue weighted by Crippen LogP contribution is 2.37. The number of nitrogens with one attached hydrogen (secondary N) is 1. The van der Waals surface area contributed by atoms with E-state index in [1.807, 2.05) is 13.0 Å². The van der Waals surface area contributed by atoms with E-state index in [1.165, 1.54) is 23.5 Å². The molecule has 3 aromatic rings. The van der Waals surface area contributed by atoms with Crippen molar-refractivity contribution in [2.75, 3.05) is 18.0 Å². The topological polar surface area (TPSA) is 74.2 Å². The molecule has 0 spiro atoms. The van der Waals surface area contributed by atoms with Crippen molar-refractivity contribution < 1.29 is 13.9 Å². The summed E-state index contributed by atoms with van der Waals surface area (Å²) in [7, 11) is 0. The molecular formula is C22H23F2N5OS. The number of phenols is 1. The minimum Gasteiger partial charge on any atom is -0.507 e. The number of aromatic nitrogens is 3. The lowest BCUT2D eigenvalue weighted by Crippen LogP contribution is -2.48. The van der Waals surface area contributed by atoms with Crippen molar-refractivity contribution in [3.05, 3.63) is 41.3 Å². The number of rotatable bonds is 5. The Labute approximate surface area is 183 Å². The lowest BCUT2D eigenvalue weighted by Gasteiger charge is -2.33. The van der Waals surface area contributed by atoms with Crippen molar-refractivity contribution in [2.24, 2.45) is 0 Å². The van der Waals surface area contributed by atoms with E-state index in [0.717, 1.165) is 30.3 Å². The number of anilines is 1. The number of thiazole rings is 1. The molecule has 0 radical (unpaired) electrons. The van der Waals surface area contributed by atoms with Gasteiger partial charge < -0.3 is 15.3 Å². The van der Waals surface area contributed by atoms with Crippen molar-refractivity contribution in [3.63, 3.8) is 0 Å². The Morgan fingerprint density at radius 1 is 1.16 bits per heavy atom. The molecule has 3 heterocycles. The van der Waals surface area contributed by atoms with Gasteiger partial charge in [0.1, 0.15) is 17.7 Å². The molecule has 1 saturated carbocycles. The number of aryl methyl sites for hydroxylation is 1. The minimum atomic E-state index is -0.658. The van der Waals surface area contributed by atoms with Crippen LogP contribution in [-0.4, -0.2) is 51.6 Å². The summed E-state index contributed by atoms with van der Waals surface area (Å²) in [4.78, 5) is 6.95. The summed E-state index contributed by atoms with van der Waals surface area (Å²) in [5.41, 5.74) is 1.02. The molecule has 0 bridgehead atoms. The summed E-state index contributed by atoms with van der Waals surface area (Å²) >= 11 is 1.37. The number of hydrogen-bond donors (Lipinski definition) is 2. The number of aromatic hydroxyl groups is 1. The lowest BCUT2D eigenvalue weighted by molar-refractivity contribution is 0.148. The fraction of sp³-hybridized carbons (Fsp3) is 0.409. The number of phenolic OH excluding ortho intramolecular Hbond substituents is 1. The molecule has 1 aliphatic carbocycles. The van der Waals surface area contributed by atoms with Crippen molar-refractivity contribution in [1.82, 2.24) is 20.5 Å². The molecule has 0 amide bonds. The van der Waals surface area contributed by atoms with E-state index in [-0.39, 0.29) is 11.8 Å². The zero-order chi connectivity index (χ0) is 21.5. The van der Waals surface area contributed by atoms with Crippen molar-refractivity contribution >= 4 is 17.2 Å². The molecule has 1 atom stereocenters. The summed E-state index contributed by atoms with van der Waals surface area (Å²) in [5, 5.41) is 23.4. The van der Waals surface area contributed by atoms with Crippen LogP contribution < -0.4 is 10.2 Å². The Morgan fingerprint density at radius 3 is 2.68 bits per heavy atom. The van der Waals surface area contributed by atoms with Crippen molar-refractivity contribution in [2.45, 2.75) is 44.4 Å². The van der Waals surface area contributed by atoms with Crippen LogP contribution in [0, 0.1) is 12.7 Å². The van der Waals surface area contributed by atoms with Gasteiger partial charge in [-0.1, -0.05) is 0 Å². The van der Waals surface area contributed by atoms with Gasteiger partial charge in [0.15, 0.2) is 5.82 Å². The SMILES string of the molecule is Cc1ncc(-c2cc(O)c(-c3ccc(N4CCC(NC5CC(F)C5)C4)nn3)cc2F)s1. The van der Waals surface area contributed by atoms with E-state index in [9.17, 15) is 13.9 Å². The summed E-state index contributed by atoms with van der Waals surface area (Å²) in [6, 6.07) is 6.88. The van der Waals surface area contributed by atoms with Crippen LogP contribution in [0.3, 0.4) is 0 Å². The molecule has 1 saturated heterocycles. The molecule has 162 valence electrons. The Kier molecular flexibility index (Phi) is 5.31. The summed E-state index contributed by atoms with van der Waals surface area (Å²) in [5.74, 6) is 0.241. The number of hydrogen-bond acceptors (Lipinski definition) is 7. The second-order valence-electron chi connectivity index (χ2n) is 8.23. The van der Waals surface area contributed by atoms with Gasteiger partial charge in [0.2, 0.25) is 0 Å². The average molecular weight is 444 g/mol. The monoisotopic (exact) mass is 443 g/mol. The summed E-state index contributed by atoms with van der Waals surface area (Å²) in [6.07, 6.45) is 3.13. The quantitative estimate of drug-likeness (QED) is 0.619. The van der Waals surface area contributed by atoms with Gasteiger partial charge in [0.25, 0.3) is 0 Å². The third-order valence-electron chi connectivity index (χ3n) is 5.96. The van der Waals surface area contributed by atoms with Gasteiger partial charge >= 0.3 is 0 Å². The molecule has 5 rings (SSSR count). The van der Waals surface area contributed by atoms with Gasteiger partial charge in [-0.15, -0.1) is 21.5 Å². The predicted molar refractivity (Wildman–Crippen MR) is 117 cm³/mol. The van der Waals surface area contributed by atoms with Gasteiger partial charge in [-0.05, 0) is 50.5 Å². The molecule has 2 fully saturated rings. The minimum absolute atomic E-state index is 0.0541. The molecule has 31 heavy (non-hydrogen) atoms. The second-order valence-corrected chi connectivity index (χ2v) is 9.47. The second kappa shape index (κ2) is 8.12. The van der Waals surface area contributed by atoms with Crippen molar-refractivity contribution in [3.8, 4) is 27.4 Å².